The molecule has 2 rings (SSSR count). The van der Waals surface area contributed by atoms with Crippen molar-refractivity contribution in [2.45, 2.75) is 26.2 Å². The third kappa shape index (κ3) is 2.99. The molecule has 1 aromatic carbocycles. The van der Waals surface area contributed by atoms with Crippen LogP contribution >= 0.6 is 11.6 Å². The first-order chi connectivity index (χ1) is 8.89. The van der Waals surface area contributed by atoms with E-state index in [4.69, 9.17) is 16.0 Å². The van der Waals surface area contributed by atoms with Crippen molar-refractivity contribution in [1.29, 1.82) is 0 Å². The molecule has 3 nitrogen and oxygen atoms in total. The Morgan fingerprint density at radius 2 is 1.89 bits per heavy atom. The molecule has 0 radical (unpaired) electrons. The summed E-state index contributed by atoms with van der Waals surface area (Å²) in [4.78, 5) is 12.1. The van der Waals surface area contributed by atoms with E-state index in [1.165, 1.54) is 6.26 Å². The number of rotatable bonds is 2. The molecule has 19 heavy (non-hydrogen) atoms. The number of benzene rings is 1. The monoisotopic (exact) mass is 277 g/mol. The lowest BCUT2D eigenvalue weighted by Gasteiger charge is -2.22. The predicted octanol–water partition coefficient (Wildman–Crippen LogP) is 4.48. The zero-order chi connectivity index (χ0) is 14.0. The molecule has 1 amide bonds. The fourth-order valence-electron chi connectivity index (χ4n) is 1.89. The Bertz CT molecular complexity index is 596. The molecule has 0 bridgehead atoms. The molecule has 0 fully saturated rings. The van der Waals surface area contributed by atoms with Gasteiger partial charge in [0.15, 0.2) is 0 Å². The van der Waals surface area contributed by atoms with E-state index in [0.29, 0.717) is 5.56 Å². The van der Waals surface area contributed by atoms with E-state index in [-0.39, 0.29) is 16.5 Å². The predicted molar refractivity (Wildman–Crippen MR) is 76.8 cm³/mol. The number of amides is 1. The first-order valence-electron chi connectivity index (χ1n) is 6.03. The standard InChI is InChI=1S/C15H16ClNO2/c1-15(2,3)11-6-4-5-7-12(11)17-14(18)10-8-9-19-13(10)16/h4-9H,1-3H3,(H,17,18). The number of carbonyl (C=O) groups is 1. The van der Waals surface area contributed by atoms with Gasteiger partial charge in [0.2, 0.25) is 5.22 Å². The highest BCUT2D eigenvalue weighted by Crippen LogP contribution is 2.30. The highest BCUT2D eigenvalue weighted by atomic mass is 35.5. The van der Waals surface area contributed by atoms with E-state index in [0.717, 1.165) is 11.3 Å². The lowest BCUT2D eigenvalue weighted by atomic mass is 9.86. The van der Waals surface area contributed by atoms with Gasteiger partial charge in [-0.05, 0) is 34.7 Å². The summed E-state index contributed by atoms with van der Waals surface area (Å²) in [5.74, 6) is -0.268. The number of nitrogens with one attached hydrogen (secondary N) is 1. The third-order valence-electron chi connectivity index (χ3n) is 2.85. The molecule has 1 aromatic heterocycles. The van der Waals surface area contributed by atoms with Crippen LogP contribution < -0.4 is 5.32 Å². The number of para-hydroxylation sites is 1. The summed E-state index contributed by atoms with van der Waals surface area (Å²) in [7, 11) is 0. The molecule has 0 aliphatic rings. The van der Waals surface area contributed by atoms with Gasteiger partial charge >= 0.3 is 0 Å². The molecule has 0 saturated carbocycles. The Labute approximate surface area is 117 Å². The molecule has 0 atom stereocenters. The summed E-state index contributed by atoms with van der Waals surface area (Å²) < 4.78 is 4.93. The van der Waals surface area contributed by atoms with Crippen LogP contribution in [0.3, 0.4) is 0 Å². The summed E-state index contributed by atoms with van der Waals surface area (Å²) in [6.07, 6.45) is 1.40. The van der Waals surface area contributed by atoms with Crippen molar-refractivity contribution in [2.75, 3.05) is 5.32 Å². The van der Waals surface area contributed by atoms with Crippen LogP contribution in [0.15, 0.2) is 41.0 Å². The van der Waals surface area contributed by atoms with Gasteiger partial charge < -0.3 is 9.73 Å². The Balaban J connectivity index is 2.30. The van der Waals surface area contributed by atoms with Gasteiger partial charge in [-0.25, -0.2) is 0 Å². The first kappa shape index (κ1) is 13.7. The topological polar surface area (TPSA) is 42.2 Å². The Morgan fingerprint density at radius 1 is 1.21 bits per heavy atom. The van der Waals surface area contributed by atoms with Crippen LogP contribution in [0.4, 0.5) is 5.69 Å². The number of hydrogen-bond donors (Lipinski definition) is 1. The lowest BCUT2D eigenvalue weighted by Crippen LogP contribution is -2.18. The van der Waals surface area contributed by atoms with Crippen molar-refractivity contribution in [3.05, 3.63) is 52.9 Å². The van der Waals surface area contributed by atoms with Gasteiger partial charge in [-0.2, -0.15) is 0 Å². The minimum absolute atomic E-state index is 0.0515. The number of carbonyl (C=O) groups excluding carboxylic acids is 1. The second-order valence-electron chi connectivity index (χ2n) is 5.36. The maximum absolute atomic E-state index is 12.1. The van der Waals surface area contributed by atoms with Crippen molar-refractivity contribution in [3.8, 4) is 0 Å². The van der Waals surface area contributed by atoms with E-state index in [1.54, 1.807) is 6.07 Å². The first-order valence-corrected chi connectivity index (χ1v) is 6.41. The fourth-order valence-corrected chi connectivity index (χ4v) is 2.09. The van der Waals surface area contributed by atoms with Crippen LogP contribution in [0.2, 0.25) is 5.22 Å². The van der Waals surface area contributed by atoms with Crippen LogP contribution in [-0.2, 0) is 5.41 Å². The van der Waals surface area contributed by atoms with Gasteiger partial charge in [0, 0.05) is 5.69 Å². The van der Waals surface area contributed by atoms with Crippen molar-refractivity contribution in [1.82, 2.24) is 0 Å². The molecule has 2 aromatic rings. The average molecular weight is 278 g/mol. The van der Waals surface area contributed by atoms with Crippen molar-refractivity contribution in [2.24, 2.45) is 0 Å². The number of halogens is 1. The van der Waals surface area contributed by atoms with Crippen molar-refractivity contribution >= 4 is 23.2 Å². The van der Waals surface area contributed by atoms with Crippen molar-refractivity contribution < 1.29 is 9.21 Å². The largest absolute Gasteiger partial charge is 0.452 e. The number of furan rings is 1. The maximum Gasteiger partial charge on any atom is 0.260 e. The Kier molecular flexibility index (Phi) is 3.67. The molecule has 1 heterocycles. The zero-order valence-corrected chi connectivity index (χ0v) is 11.9. The highest BCUT2D eigenvalue weighted by molar-refractivity contribution is 6.32. The fraction of sp³-hybridized carbons (Fsp3) is 0.267. The normalized spacial score (nSPS) is 11.4. The van der Waals surface area contributed by atoms with Crippen LogP contribution in [0, 0.1) is 0 Å². The Morgan fingerprint density at radius 3 is 2.47 bits per heavy atom. The van der Waals surface area contributed by atoms with E-state index in [9.17, 15) is 4.79 Å². The maximum atomic E-state index is 12.1. The smallest absolute Gasteiger partial charge is 0.260 e. The third-order valence-corrected chi connectivity index (χ3v) is 3.14. The molecule has 1 N–H and O–H groups in total. The van der Waals surface area contributed by atoms with Crippen LogP contribution in [0.5, 0.6) is 0 Å². The number of anilines is 1. The molecule has 0 unspecified atom stereocenters. The molecular formula is C15H16ClNO2. The zero-order valence-electron chi connectivity index (χ0n) is 11.2. The van der Waals surface area contributed by atoms with E-state index in [2.05, 4.69) is 26.1 Å². The summed E-state index contributed by atoms with van der Waals surface area (Å²) >= 11 is 5.80. The molecular weight excluding hydrogens is 262 g/mol. The summed E-state index contributed by atoms with van der Waals surface area (Å²) in [6.45, 7) is 6.30. The van der Waals surface area contributed by atoms with Gasteiger partial charge in [0.25, 0.3) is 5.91 Å². The second kappa shape index (κ2) is 5.10. The summed E-state index contributed by atoms with van der Waals surface area (Å²) in [5.41, 5.74) is 2.15. The van der Waals surface area contributed by atoms with E-state index >= 15 is 0 Å². The molecule has 0 spiro atoms. The SMILES string of the molecule is CC(C)(C)c1ccccc1NC(=O)c1ccoc1Cl. The van der Waals surface area contributed by atoms with Crippen LogP contribution in [0.1, 0.15) is 36.7 Å². The molecule has 0 aliphatic carbocycles. The average Bonchev–Trinajstić information content (AvgIpc) is 2.75. The van der Waals surface area contributed by atoms with Crippen LogP contribution in [0.25, 0.3) is 0 Å². The van der Waals surface area contributed by atoms with Gasteiger partial charge in [-0.15, -0.1) is 0 Å². The van der Waals surface area contributed by atoms with Crippen LogP contribution in [-0.4, -0.2) is 5.91 Å². The molecule has 4 heteroatoms. The lowest BCUT2D eigenvalue weighted by molar-refractivity contribution is 0.102. The Hall–Kier alpha value is -1.74. The minimum Gasteiger partial charge on any atom is -0.452 e. The molecule has 0 saturated heterocycles. The summed E-state index contributed by atoms with van der Waals surface area (Å²) in [5, 5.41) is 2.98. The quantitative estimate of drug-likeness (QED) is 0.879. The van der Waals surface area contributed by atoms with Gasteiger partial charge in [0.05, 0.1) is 11.8 Å². The van der Waals surface area contributed by atoms with Gasteiger partial charge in [-0.1, -0.05) is 39.0 Å². The number of hydrogen-bond acceptors (Lipinski definition) is 2. The van der Waals surface area contributed by atoms with Crippen molar-refractivity contribution in [3.63, 3.8) is 0 Å². The van der Waals surface area contributed by atoms with E-state index < -0.39 is 0 Å². The van der Waals surface area contributed by atoms with Gasteiger partial charge in [0.1, 0.15) is 0 Å². The van der Waals surface area contributed by atoms with E-state index in [1.807, 2.05) is 24.3 Å². The molecule has 100 valence electrons. The minimum atomic E-state index is -0.268. The highest BCUT2D eigenvalue weighted by Gasteiger charge is 2.20. The van der Waals surface area contributed by atoms with Gasteiger partial charge in [-0.3, -0.25) is 4.79 Å². The molecule has 0 aliphatic heterocycles. The summed E-state index contributed by atoms with van der Waals surface area (Å²) in [6, 6.07) is 9.29. The second-order valence-corrected chi connectivity index (χ2v) is 5.70.